The second-order valence-electron chi connectivity index (χ2n) is 7.71. The number of benzene rings is 2. The number of halogens is 2. The second-order valence-corrected chi connectivity index (χ2v) is 7.71. The van der Waals surface area contributed by atoms with E-state index in [2.05, 4.69) is 10.6 Å². The molecule has 0 aromatic heterocycles. The van der Waals surface area contributed by atoms with Gasteiger partial charge in [-0.15, -0.1) is 0 Å². The molecule has 0 spiro atoms. The van der Waals surface area contributed by atoms with E-state index in [9.17, 15) is 23.2 Å². The average molecular weight is 444 g/mol. The van der Waals surface area contributed by atoms with Crippen LogP contribution in [0.1, 0.15) is 11.1 Å². The van der Waals surface area contributed by atoms with E-state index in [1.807, 2.05) is 36.1 Å². The van der Waals surface area contributed by atoms with Crippen LogP contribution in [0.2, 0.25) is 0 Å². The second kappa shape index (κ2) is 10.8. The van der Waals surface area contributed by atoms with Gasteiger partial charge in [-0.25, -0.2) is 8.78 Å². The fraction of sp³-hybridized carbons (Fsp3) is 0.348. The zero-order valence-corrected chi connectivity index (χ0v) is 17.9. The van der Waals surface area contributed by atoms with Gasteiger partial charge in [0.1, 0.15) is 0 Å². The highest BCUT2D eigenvalue weighted by atomic mass is 19.2. The van der Waals surface area contributed by atoms with Crippen molar-refractivity contribution in [3.05, 3.63) is 65.2 Å². The first-order valence-corrected chi connectivity index (χ1v) is 10.4. The first-order chi connectivity index (χ1) is 15.3. The largest absolute Gasteiger partial charge is 0.346 e. The normalized spacial score (nSPS) is 14.2. The SMILES string of the molecule is Cc1ccccc1CC(=O)N1CCN(CC(=O)NCC(=O)Nc2ccc(F)c(F)c2)CC1. The van der Waals surface area contributed by atoms with E-state index in [1.54, 1.807) is 4.90 Å². The lowest BCUT2D eigenvalue weighted by Gasteiger charge is -2.34. The Morgan fingerprint density at radius 1 is 0.938 bits per heavy atom. The van der Waals surface area contributed by atoms with Gasteiger partial charge in [-0.2, -0.15) is 0 Å². The lowest BCUT2D eigenvalue weighted by molar-refractivity contribution is -0.132. The molecule has 2 aromatic rings. The monoisotopic (exact) mass is 444 g/mol. The van der Waals surface area contributed by atoms with Crippen molar-refractivity contribution in [3.8, 4) is 0 Å². The average Bonchev–Trinajstić information content (AvgIpc) is 2.77. The highest BCUT2D eigenvalue weighted by molar-refractivity contribution is 5.94. The molecule has 32 heavy (non-hydrogen) atoms. The van der Waals surface area contributed by atoms with Crippen LogP contribution in [0.15, 0.2) is 42.5 Å². The van der Waals surface area contributed by atoms with Crippen LogP contribution < -0.4 is 10.6 Å². The van der Waals surface area contributed by atoms with Gasteiger partial charge in [0.25, 0.3) is 0 Å². The Kier molecular flexibility index (Phi) is 7.88. The molecule has 1 aliphatic heterocycles. The molecule has 2 N–H and O–H groups in total. The van der Waals surface area contributed by atoms with E-state index in [0.29, 0.717) is 32.6 Å². The summed E-state index contributed by atoms with van der Waals surface area (Å²) in [7, 11) is 0. The molecular formula is C23H26F2N4O3. The van der Waals surface area contributed by atoms with Crippen LogP contribution in [0, 0.1) is 18.6 Å². The van der Waals surface area contributed by atoms with Crippen molar-refractivity contribution in [1.82, 2.24) is 15.1 Å². The minimum absolute atomic E-state index is 0.0669. The van der Waals surface area contributed by atoms with E-state index in [4.69, 9.17) is 0 Å². The van der Waals surface area contributed by atoms with Crippen LogP contribution in [0.3, 0.4) is 0 Å². The minimum atomic E-state index is -1.07. The van der Waals surface area contributed by atoms with Crippen molar-refractivity contribution in [1.29, 1.82) is 0 Å². The molecule has 7 nitrogen and oxygen atoms in total. The van der Waals surface area contributed by atoms with Gasteiger partial charge in [0.15, 0.2) is 11.6 Å². The number of rotatable bonds is 7. The Morgan fingerprint density at radius 3 is 2.34 bits per heavy atom. The molecule has 1 saturated heterocycles. The topological polar surface area (TPSA) is 81.8 Å². The number of nitrogens with one attached hydrogen (secondary N) is 2. The Labute approximate surface area is 185 Å². The molecule has 9 heteroatoms. The summed E-state index contributed by atoms with van der Waals surface area (Å²) in [5.41, 5.74) is 2.21. The fourth-order valence-corrected chi connectivity index (χ4v) is 3.46. The maximum atomic E-state index is 13.2. The van der Waals surface area contributed by atoms with Gasteiger partial charge in [-0.3, -0.25) is 19.3 Å². The molecule has 0 radical (unpaired) electrons. The summed E-state index contributed by atoms with van der Waals surface area (Å²) >= 11 is 0. The molecule has 3 rings (SSSR count). The standard InChI is InChI=1S/C23H26F2N4O3/c1-16-4-2-3-5-17(16)12-23(32)29-10-8-28(9-11-29)15-22(31)26-14-21(30)27-18-6-7-19(24)20(25)13-18/h2-7,13H,8-12,14-15H2,1H3,(H,26,31)(H,27,30). The number of nitrogens with zero attached hydrogens (tertiary/aromatic N) is 2. The van der Waals surface area contributed by atoms with Gasteiger partial charge in [-0.05, 0) is 30.2 Å². The van der Waals surface area contributed by atoms with E-state index in [1.165, 1.54) is 6.07 Å². The Bertz CT molecular complexity index is 991. The number of piperazine rings is 1. The quantitative estimate of drug-likeness (QED) is 0.682. The molecule has 0 bridgehead atoms. The summed E-state index contributed by atoms with van der Waals surface area (Å²) in [6.45, 7) is 4.01. The molecule has 3 amide bonds. The van der Waals surface area contributed by atoms with Gasteiger partial charge in [0.2, 0.25) is 17.7 Å². The molecule has 170 valence electrons. The fourth-order valence-electron chi connectivity index (χ4n) is 3.46. The summed E-state index contributed by atoms with van der Waals surface area (Å²) in [4.78, 5) is 40.3. The first kappa shape index (κ1) is 23.3. The van der Waals surface area contributed by atoms with Gasteiger partial charge < -0.3 is 15.5 Å². The van der Waals surface area contributed by atoms with Gasteiger partial charge in [-0.1, -0.05) is 24.3 Å². The molecular weight excluding hydrogens is 418 g/mol. The summed E-state index contributed by atoms with van der Waals surface area (Å²) in [5, 5.41) is 4.90. The van der Waals surface area contributed by atoms with E-state index in [0.717, 1.165) is 23.3 Å². The maximum absolute atomic E-state index is 13.2. The zero-order chi connectivity index (χ0) is 23.1. The Hall–Kier alpha value is -3.33. The van der Waals surface area contributed by atoms with Crippen molar-refractivity contribution in [2.75, 3.05) is 44.6 Å². The van der Waals surface area contributed by atoms with Crippen LogP contribution in [0.5, 0.6) is 0 Å². The molecule has 0 aliphatic carbocycles. The third-order valence-corrected chi connectivity index (χ3v) is 5.34. The molecule has 0 saturated carbocycles. The third kappa shape index (κ3) is 6.58. The number of anilines is 1. The highest BCUT2D eigenvalue weighted by Gasteiger charge is 2.23. The van der Waals surface area contributed by atoms with Crippen LogP contribution in [0.25, 0.3) is 0 Å². The van der Waals surface area contributed by atoms with Crippen LogP contribution in [-0.2, 0) is 20.8 Å². The number of aryl methyl sites for hydroxylation is 1. The number of hydrogen-bond donors (Lipinski definition) is 2. The number of hydrogen-bond acceptors (Lipinski definition) is 4. The summed E-state index contributed by atoms with van der Waals surface area (Å²) in [6.07, 6.45) is 0.361. The third-order valence-electron chi connectivity index (χ3n) is 5.34. The smallest absolute Gasteiger partial charge is 0.243 e. The first-order valence-electron chi connectivity index (χ1n) is 10.4. The summed E-state index contributed by atoms with van der Waals surface area (Å²) < 4.78 is 26.1. The zero-order valence-electron chi connectivity index (χ0n) is 17.9. The minimum Gasteiger partial charge on any atom is -0.346 e. The van der Waals surface area contributed by atoms with Gasteiger partial charge >= 0.3 is 0 Å². The molecule has 0 atom stereocenters. The van der Waals surface area contributed by atoms with Crippen molar-refractivity contribution in [2.45, 2.75) is 13.3 Å². The lowest BCUT2D eigenvalue weighted by atomic mass is 10.1. The Balaban J connectivity index is 1.36. The van der Waals surface area contributed by atoms with Crippen molar-refractivity contribution in [3.63, 3.8) is 0 Å². The van der Waals surface area contributed by atoms with Crippen molar-refractivity contribution in [2.24, 2.45) is 0 Å². The number of amides is 3. The van der Waals surface area contributed by atoms with Gasteiger partial charge in [0.05, 0.1) is 19.5 Å². The van der Waals surface area contributed by atoms with Crippen LogP contribution in [-0.4, -0.2) is 66.8 Å². The predicted molar refractivity (Wildman–Crippen MR) is 116 cm³/mol. The highest BCUT2D eigenvalue weighted by Crippen LogP contribution is 2.13. The summed E-state index contributed by atoms with van der Waals surface area (Å²) in [5.74, 6) is -2.88. The summed E-state index contributed by atoms with van der Waals surface area (Å²) in [6, 6.07) is 10.8. The van der Waals surface area contributed by atoms with Crippen LogP contribution in [0.4, 0.5) is 14.5 Å². The number of carbonyl (C=O) groups is 3. The van der Waals surface area contributed by atoms with E-state index in [-0.39, 0.29) is 30.6 Å². The number of carbonyl (C=O) groups excluding carboxylic acids is 3. The molecule has 1 aliphatic rings. The van der Waals surface area contributed by atoms with Gasteiger partial charge in [0, 0.05) is 37.9 Å². The molecule has 1 fully saturated rings. The Morgan fingerprint density at radius 2 is 1.66 bits per heavy atom. The van der Waals surface area contributed by atoms with E-state index < -0.39 is 17.5 Å². The van der Waals surface area contributed by atoms with Crippen LogP contribution >= 0.6 is 0 Å². The van der Waals surface area contributed by atoms with Crippen molar-refractivity contribution >= 4 is 23.4 Å². The molecule has 1 heterocycles. The lowest BCUT2D eigenvalue weighted by Crippen LogP contribution is -2.51. The predicted octanol–water partition coefficient (Wildman–Crippen LogP) is 1.71. The molecule has 0 unspecified atom stereocenters. The maximum Gasteiger partial charge on any atom is 0.243 e. The molecule has 2 aromatic carbocycles. The van der Waals surface area contributed by atoms with Crippen molar-refractivity contribution < 1.29 is 23.2 Å². The van der Waals surface area contributed by atoms with E-state index >= 15 is 0 Å².